The van der Waals surface area contributed by atoms with Crippen molar-refractivity contribution in [3.05, 3.63) is 23.0 Å². The zero-order chi connectivity index (χ0) is 23.8. The number of piperidine rings is 1. The number of aliphatic hydroxyl groups is 4. The summed E-state index contributed by atoms with van der Waals surface area (Å²) in [5, 5.41) is 37.9. The first kappa shape index (κ1) is 23.1. The van der Waals surface area contributed by atoms with Gasteiger partial charge in [0.25, 0.3) is 0 Å². The van der Waals surface area contributed by atoms with Gasteiger partial charge in [-0.15, -0.1) is 0 Å². The maximum atomic E-state index is 12.6. The standard InChI is InChI=1S/C20H24N2O10/c1-2-22-11(24)9-20(19(22)31)5-7-21(8-6-20)10(23)3-4-12(25)32-18-16(29)14(27)13(26)15(28)17(18)30/h18,26-29H,2-9H2,1H3/t18-/m0/s1. The summed E-state index contributed by atoms with van der Waals surface area (Å²) in [6, 6.07) is 0. The third-order valence-electron chi connectivity index (χ3n) is 6.08. The number of likely N-dealkylation sites (tertiary alicyclic amines) is 2. The summed E-state index contributed by atoms with van der Waals surface area (Å²) in [7, 11) is 0. The van der Waals surface area contributed by atoms with E-state index < -0.39 is 52.7 Å². The molecule has 0 radical (unpaired) electrons. The smallest absolute Gasteiger partial charge is 0.307 e. The molecular weight excluding hydrogens is 428 g/mol. The first-order valence-corrected chi connectivity index (χ1v) is 10.1. The SMILES string of the molecule is CCN1C(=O)CC2(CCN(C(=O)CCC(=O)O[C@@H]3C(=O)C(O)=C(O)C(O)=C3O)CC2)C1=O. The lowest BCUT2D eigenvalue weighted by atomic mass is 9.77. The number of amides is 3. The second-order valence-corrected chi connectivity index (χ2v) is 7.95. The molecule has 0 unspecified atom stereocenters. The molecule has 1 spiro atoms. The van der Waals surface area contributed by atoms with E-state index in [1.807, 2.05) is 0 Å². The van der Waals surface area contributed by atoms with Gasteiger partial charge in [-0.25, -0.2) is 0 Å². The number of ether oxygens (including phenoxy) is 1. The molecule has 0 aromatic carbocycles. The van der Waals surface area contributed by atoms with Gasteiger partial charge in [-0.05, 0) is 19.8 Å². The summed E-state index contributed by atoms with van der Waals surface area (Å²) in [6.45, 7) is 2.54. The molecule has 2 fully saturated rings. The summed E-state index contributed by atoms with van der Waals surface area (Å²) >= 11 is 0. The zero-order valence-corrected chi connectivity index (χ0v) is 17.4. The molecule has 0 saturated carbocycles. The highest BCUT2D eigenvalue weighted by Crippen LogP contribution is 2.42. The van der Waals surface area contributed by atoms with Gasteiger partial charge in [0.2, 0.25) is 46.9 Å². The number of rotatable bonds is 5. The Balaban J connectivity index is 1.51. The first-order chi connectivity index (χ1) is 15.0. The third kappa shape index (κ3) is 3.87. The minimum atomic E-state index is -2.03. The molecule has 174 valence electrons. The Morgan fingerprint density at radius 2 is 1.62 bits per heavy atom. The Hall–Kier alpha value is -3.57. The second kappa shape index (κ2) is 8.52. The number of hydrogen-bond acceptors (Lipinski definition) is 10. The second-order valence-electron chi connectivity index (χ2n) is 7.95. The number of carbonyl (C=O) groups is 5. The van der Waals surface area contributed by atoms with Crippen LogP contribution in [0.3, 0.4) is 0 Å². The van der Waals surface area contributed by atoms with Crippen molar-refractivity contribution in [1.29, 1.82) is 0 Å². The van der Waals surface area contributed by atoms with Crippen LogP contribution >= 0.6 is 0 Å². The van der Waals surface area contributed by atoms with Crippen LogP contribution in [0.2, 0.25) is 0 Å². The van der Waals surface area contributed by atoms with Crippen LogP contribution in [-0.2, 0) is 28.7 Å². The molecule has 32 heavy (non-hydrogen) atoms. The van der Waals surface area contributed by atoms with Crippen molar-refractivity contribution in [3.8, 4) is 0 Å². The highest BCUT2D eigenvalue weighted by Gasteiger charge is 2.52. The van der Waals surface area contributed by atoms with E-state index in [-0.39, 0.29) is 43.7 Å². The van der Waals surface area contributed by atoms with Crippen LogP contribution < -0.4 is 0 Å². The molecule has 3 amide bonds. The molecule has 12 heteroatoms. The highest BCUT2D eigenvalue weighted by atomic mass is 16.6. The fourth-order valence-electron chi connectivity index (χ4n) is 4.14. The summed E-state index contributed by atoms with van der Waals surface area (Å²) in [5.74, 6) is -8.01. The summed E-state index contributed by atoms with van der Waals surface area (Å²) in [5.41, 5.74) is -0.781. The lowest BCUT2D eigenvalue weighted by molar-refractivity contribution is -0.156. The van der Waals surface area contributed by atoms with Gasteiger partial charge in [-0.3, -0.25) is 28.9 Å². The molecule has 0 aromatic heterocycles. The van der Waals surface area contributed by atoms with Crippen molar-refractivity contribution < 1.29 is 49.1 Å². The Morgan fingerprint density at radius 1 is 1.00 bits per heavy atom. The van der Waals surface area contributed by atoms with E-state index >= 15 is 0 Å². The minimum absolute atomic E-state index is 0.129. The summed E-state index contributed by atoms with van der Waals surface area (Å²) < 4.78 is 4.75. The van der Waals surface area contributed by atoms with Gasteiger partial charge in [0.15, 0.2) is 5.76 Å². The number of Topliss-reactive ketones (excluding diaryl/α,β-unsaturated/α-hetero) is 1. The van der Waals surface area contributed by atoms with E-state index in [4.69, 9.17) is 4.74 Å². The number of nitrogens with zero attached hydrogens (tertiary/aromatic N) is 2. The fraction of sp³-hybridized carbons (Fsp3) is 0.550. The number of ketones is 1. The van der Waals surface area contributed by atoms with E-state index in [2.05, 4.69) is 0 Å². The maximum absolute atomic E-state index is 12.6. The molecule has 1 aliphatic carbocycles. The molecule has 2 saturated heterocycles. The Morgan fingerprint density at radius 3 is 2.19 bits per heavy atom. The average molecular weight is 452 g/mol. The van der Waals surface area contributed by atoms with Crippen LogP contribution in [0, 0.1) is 5.41 Å². The largest absolute Gasteiger partial charge is 0.505 e. The van der Waals surface area contributed by atoms with Crippen molar-refractivity contribution in [3.63, 3.8) is 0 Å². The lowest BCUT2D eigenvalue weighted by Crippen LogP contribution is -2.46. The number of hydrogen-bond donors (Lipinski definition) is 4. The topological polar surface area (TPSA) is 182 Å². The average Bonchev–Trinajstić information content (AvgIpc) is 3.01. The van der Waals surface area contributed by atoms with Crippen LogP contribution in [-0.4, -0.2) is 85.4 Å². The lowest BCUT2D eigenvalue weighted by Gasteiger charge is -2.37. The first-order valence-electron chi connectivity index (χ1n) is 10.1. The van der Waals surface area contributed by atoms with E-state index in [1.54, 1.807) is 6.92 Å². The molecule has 3 aliphatic rings. The van der Waals surface area contributed by atoms with E-state index in [1.165, 1.54) is 9.80 Å². The monoisotopic (exact) mass is 452 g/mol. The van der Waals surface area contributed by atoms with Gasteiger partial charge in [-0.2, -0.15) is 0 Å². The molecule has 1 atom stereocenters. The molecule has 4 N–H and O–H groups in total. The Labute approximate surface area is 182 Å². The fourth-order valence-corrected chi connectivity index (χ4v) is 4.14. The van der Waals surface area contributed by atoms with Crippen molar-refractivity contribution in [2.75, 3.05) is 19.6 Å². The number of esters is 1. The molecule has 0 aromatic rings. The van der Waals surface area contributed by atoms with Crippen molar-refractivity contribution >= 4 is 29.5 Å². The van der Waals surface area contributed by atoms with Gasteiger partial charge in [0.1, 0.15) is 0 Å². The minimum Gasteiger partial charge on any atom is -0.505 e. The highest BCUT2D eigenvalue weighted by molar-refractivity contribution is 6.06. The molecule has 2 heterocycles. The quantitative estimate of drug-likeness (QED) is 0.334. The van der Waals surface area contributed by atoms with Crippen LogP contribution in [0.15, 0.2) is 23.0 Å². The van der Waals surface area contributed by atoms with E-state index in [0.29, 0.717) is 19.4 Å². The van der Waals surface area contributed by atoms with Gasteiger partial charge < -0.3 is 30.1 Å². The van der Waals surface area contributed by atoms with Crippen LogP contribution in [0.25, 0.3) is 0 Å². The summed E-state index contributed by atoms with van der Waals surface area (Å²) in [4.78, 5) is 63.6. The van der Waals surface area contributed by atoms with Crippen LogP contribution in [0.4, 0.5) is 0 Å². The Bertz CT molecular complexity index is 942. The van der Waals surface area contributed by atoms with Gasteiger partial charge in [-0.1, -0.05) is 0 Å². The van der Waals surface area contributed by atoms with Crippen LogP contribution in [0.5, 0.6) is 0 Å². The van der Waals surface area contributed by atoms with Crippen molar-refractivity contribution in [2.24, 2.45) is 5.41 Å². The molecule has 2 aliphatic heterocycles. The van der Waals surface area contributed by atoms with E-state index in [9.17, 15) is 44.4 Å². The molecular formula is C20H24N2O10. The predicted octanol–water partition coefficient (Wildman–Crippen LogP) is 0.304. The van der Waals surface area contributed by atoms with Crippen molar-refractivity contribution in [2.45, 2.75) is 45.1 Å². The normalized spacial score (nSPS) is 23.4. The molecule has 3 rings (SSSR count). The predicted molar refractivity (Wildman–Crippen MR) is 104 cm³/mol. The number of carbonyl (C=O) groups excluding carboxylic acids is 5. The van der Waals surface area contributed by atoms with Crippen LogP contribution in [0.1, 0.15) is 39.0 Å². The third-order valence-corrected chi connectivity index (χ3v) is 6.08. The maximum Gasteiger partial charge on any atom is 0.307 e. The molecule has 0 bridgehead atoms. The Kier molecular flexibility index (Phi) is 6.15. The molecule has 12 nitrogen and oxygen atoms in total. The number of aliphatic hydroxyl groups excluding tert-OH is 4. The van der Waals surface area contributed by atoms with Gasteiger partial charge in [0, 0.05) is 32.5 Å². The van der Waals surface area contributed by atoms with Gasteiger partial charge in [0.05, 0.1) is 11.8 Å². The van der Waals surface area contributed by atoms with Crippen molar-refractivity contribution in [1.82, 2.24) is 9.80 Å². The zero-order valence-electron chi connectivity index (χ0n) is 17.4. The summed E-state index contributed by atoms with van der Waals surface area (Å²) in [6.07, 6.45) is -1.94. The van der Waals surface area contributed by atoms with E-state index in [0.717, 1.165) is 0 Å². The number of imide groups is 1. The van der Waals surface area contributed by atoms with Gasteiger partial charge >= 0.3 is 5.97 Å².